The van der Waals surface area contributed by atoms with E-state index in [-0.39, 0.29) is 11.9 Å². The SMILES string of the molecule is CCC(NCCCn1ccnn1)c1ccc(F)cn1. The molecule has 0 aromatic carbocycles. The molecule has 0 spiro atoms. The minimum Gasteiger partial charge on any atom is -0.309 e. The lowest BCUT2D eigenvalue weighted by molar-refractivity contribution is 0.467. The number of nitrogens with zero attached hydrogens (tertiary/aromatic N) is 4. The van der Waals surface area contributed by atoms with Crippen molar-refractivity contribution in [3.63, 3.8) is 0 Å². The summed E-state index contributed by atoms with van der Waals surface area (Å²) in [6, 6.07) is 3.34. The number of aryl methyl sites for hydroxylation is 1. The summed E-state index contributed by atoms with van der Waals surface area (Å²) in [5, 5.41) is 11.1. The normalized spacial score (nSPS) is 12.5. The van der Waals surface area contributed by atoms with Gasteiger partial charge in [-0.15, -0.1) is 5.10 Å². The smallest absolute Gasteiger partial charge is 0.141 e. The molecule has 0 aliphatic carbocycles. The second-order valence-corrected chi connectivity index (χ2v) is 4.34. The molecule has 2 heterocycles. The van der Waals surface area contributed by atoms with Crippen LogP contribution in [0.1, 0.15) is 31.5 Å². The van der Waals surface area contributed by atoms with Gasteiger partial charge in [-0.05, 0) is 31.5 Å². The second kappa shape index (κ2) is 6.94. The Balaban J connectivity index is 1.77. The molecular formula is C13H18FN5. The van der Waals surface area contributed by atoms with Crippen LogP contribution in [0.3, 0.4) is 0 Å². The zero-order valence-electron chi connectivity index (χ0n) is 11.0. The van der Waals surface area contributed by atoms with Crippen molar-refractivity contribution >= 4 is 0 Å². The van der Waals surface area contributed by atoms with E-state index in [1.807, 2.05) is 6.20 Å². The van der Waals surface area contributed by atoms with Gasteiger partial charge in [-0.3, -0.25) is 9.67 Å². The maximum atomic E-state index is 12.8. The van der Waals surface area contributed by atoms with E-state index >= 15 is 0 Å². The average molecular weight is 263 g/mol. The quantitative estimate of drug-likeness (QED) is 0.776. The fourth-order valence-electron chi connectivity index (χ4n) is 1.92. The molecule has 2 rings (SSSR count). The number of hydrogen-bond donors (Lipinski definition) is 1. The van der Waals surface area contributed by atoms with Crippen LogP contribution >= 0.6 is 0 Å². The van der Waals surface area contributed by atoms with E-state index in [0.717, 1.165) is 31.6 Å². The van der Waals surface area contributed by atoms with E-state index in [4.69, 9.17) is 0 Å². The first kappa shape index (κ1) is 13.6. The molecule has 1 N–H and O–H groups in total. The Kier molecular flexibility index (Phi) is 4.97. The van der Waals surface area contributed by atoms with Gasteiger partial charge in [0.1, 0.15) is 5.82 Å². The number of pyridine rings is 1. The van der Waals surface area contributed by atoms with Crippen LogP contribution in [0, 0.1) is 5.82 Å². The Hall–Kier alpha value is -1.82. The molecule has 0 bridgehead atoms. The number of rotatable bonds is 7. The zero-order valence-corrected chi connectivity index (χ0v) is 11.0. The Morgan fingerprint density at radius 2 is 2.32 bits per heavy atom. The van der Waals surface area contributed by atoms with E-state index in [1.165, 1.54) is 12.3 Å². The lowest BCUT2D eigenvalue weighted by atomic mass is 10.1. The highest BCUT2D eigenvalue weighted by Gasteiger charge is 2.09. The average Bonchev–Trinajstić information content (AvgIpc) is 2.93. The van der Waals surface area contributed by atoms with Crippen LogP contribution in [0.25, 0.3) is 0 Å². The Morgan fingerprint density at radius 3 is 2.95 bits per heavy atom. The molecule has 102 valence electrons. The van der Waals surface area contributed by atoms with Crippen LogP contribution in [0.5, 0.6) is 0 Å². The number of halogens is 1. The first-order valence-corrected chi connectivity index (χ1v) is 6.48. The van der Waals surface area contributed by atoms with Gasteiger partial charge < -0.3 is 5.32 Å². The summed E-state index contributed by atoms with van der Waals surface area (Å²) in [6.07, 6.45) is 6.65. The van der Waals surface area contributed by atoms with Gasteiger partial charge in [-0.25, -0.2) is 4.39 Å². The molecule has 0 aliphatic rings. The van der Waals surface area contributed by atoms with E-state index in [9.17, 15) is 4.39 Å². The van der Waals surface area contributed by atoms with E-state index < -0.39 is 0 Å². The van der Waals surface area contributed by atoms with Gasteiger partial charge in [0.05, 0.1) is 18.1 Å². The molecule has 19 heavy (non-hydrogen) atoms. The van der Waals surface area contributed by atoms with E-state index in [2.05, 4.69) is 27.5 Å². The lowest BCUT2D eigenvalue weighted by Crippen LogP contribution is -2.23. The molecule has 6 heteroatoms. The van der Waals surface area contributed by atoms with Gasteiger partial charge in [0.2, 0.25) is 0 Å². The topological polar surface area (TPSA) is 55.6 Å². The molecule has 0 saturated heterocycles. The van der Waals surface area contributed by atoms with Gasteiger partial charge in [0.25, 0.3) is 0 Å². The molecule has 2 aromatic rings. The molecule has 0 amide bonds. The molecular weight excluding hydrogens is 245 g/mol. The van der Waals surface area contributed by atoms with Crippen molar-refractivity contribution in [3.8, 4) is 0 Å². The zero-order chi connectivity index (χ0) is 13.5. The Morgan fingerprint density at radius 1 is 1.42 bits per heavy atom. The van der Waals surface area contributed by atoms with Crippen LogP contribution in [-0.2, 0) is 6.54 Å². The molecule has 0 saturated carbocycles. The van der Waals surface area contributed by atoms with Crippen molar-refractivity contribution < 1.29 is 4.39 Å². The summed E-state index contributed by atoms with van der Waals surface area (Å²) in [5.41, 5.74) is 0.879. The van der Waals surface area contributed by atoms with Crippen molar-refractivity contribution in [2.45, 2.75) is 32.4 Å². The van der Waals surface area contributed by atoms with Crippen molar-refractivity contribution in [1.82, 2.24) is 25.3 Å². The molecule has 1 unspecified atom stereocenters. The van der Waals surface area contributed by atoms with E-state index in [1.54, 1.807) is 16.9 Å². The van der Waals surface area contributed by atoms with Gasteiger partial charge in [-0.2, -0.15) is 0 Å². The largest absolute Gasteiger partial charge is 0.309 e. The van der Waals surface area contributed by atoms with Gasteiger partial charge >= 0.3 is 0 Å². The minimum absolute atomic E-state index is 0.163. The van der Waals surface area contributed by atoms with Crippen LogP contribution in [0.15, 0.2) is 30.7 Å². The fourth-order valence-corrected chi connectivity index (χ4v) is 1.92. The predicted molar refractivity (Wildman–Crippen MR) is 69.9 cm³/mol. The number of nitrogens with one attached hydrogen (secondary N) is 1. The summed E-state index contributed by atoms with van der Waals surface area (Å²) < 4.78 is 14.6. The lowest BCUT2D eigenvalue weighted by Gasteiger charge is -2.16. The van der Waals surface area contributed by atoms with Gasteiger partial charge in [0.15, 0.2) is 0 Å². The Bertz CT molecular complexity index is 468. The molecule has 1 atom stereocenters. The Labute approximate surface area is 111 Å². The first-order chi connectivity index (χ1) is 9.29. The van der Waals surface area contributed by atoms with Crippen LogP contribution in [0.2, 0.25) is 0 Å². The third-order valence-corrected chi connectivity index (χ3v) is 2.94. The number of aromatic nitrogens is 4. The van der Waals surface area contributed by atoms with Gasteiger partial charge in [0, 0.05) is 18.8 Å². The summed E-state index contributed by atoms with van der Waals surface area (Å²) in [5.74, 6) is -0.301. The highest BCUT2D eigenvalue weighted by Crippen LogP contribution is 2.13. The van der Waals surface area contributed by atoms with Crippen molar-refractivity contribution in [2.24, 2.45) is 0 Å². The van der Waals surface area contributed by atoms with Crippen molar-refractivity contribution in [1.29, 1.82) is 0 Å². The van der Waals surface area contributed by atoms with Crippen molar-refractivity contribution in [3.05, 3.63) is 42.2 Å². The van der Waals surface area contributed by atoms with Crippen LogP contribution < -0.4 is 5.32 Å². The third-order valence-electron chi connectivity index (χ3n) is 2.94. The molecule has 0 radical (unpaired) electrons. The van der Waals surface area contributed by atoms with Crippen LogP contribution in [0.4, 0.5) is 4.39 Å². The summed E-state index contributed by atoms with van der Waals surface area (Å²) in [6.45, 7) is 3.78. The maximum Gasteiger partial charge on any atom is 0.141 e. The minimum atomic E-state index is -0.301. The molecule has 2 aromatic heterocycles. The van der Waals surface area contributed by atoms with Gasteiger partial charge in [-0.1, -0.05) is 12.1 Å². The number of hydrogen-bond acceptors (Lipinski definition) is 4. The first-order valence-electron chi connectivity index (χ1n) is 6.48. The third kappa shape index (κ3) is 4.10. The maximum absolute atomic E-state index is 12.8. The van der Waals surface area contributed by atoms with E-state index in [0.29, 0.717) is 0 Å². The predicted octanol–water partition coefficient (Wildman–Crippen LogP) is 1.94. The molecule has 0 fully saturated rings. The van der Waals surface area contributed by atoms with Crippen LogP contribution in [-0.4, -0.2) is 26.5 Å². The monoisotopic (exact) mass is 263 g/mol. The second-order valence-electron chi connectivity index (χ2n) is 4.34. The molecule has 5 nitrogen and oxygen atoms in total. The standard InChI is InChI=1S/C13H18FN5/c1-2-12(13-5-4-11(14)10-16-13)15-6-3-8-19-9-7-17-18-19/h4-5,7,9-10,12,15H,2-3,6,8H2,1H3. The van der Waals surface area contributed by atoms with Crippen molar-refractivity contribution in [2.75, 3.05) is 6.54 Å². The highest BCUT2D eigenvalue weighted by atomic mass is 19.1. The summed E-state index contributed by atoms with van der Waals surface area (Å²) in [7, 11) is 0. The fraction of sp³-hybridized carbons (Fsp3) is 0.462. The molecule has 0 aliphatic heterocycles. The summed E-state index contributed by atoms with van der Waals surface area (Å²) >= 11 is 0. The summed E-state index contributed by atoms with van der Waals surface area (Å²) in [4.78, 5) is 4.11. The highest BCUT2D eigenvalue weighted by molar-refractivity contribution is 5.09.